The summed E-state index contributed by atoms with van der Waals surface area (Å²) in [4.78, 5) is 12.3. The first-order valence-corrected chi connectivity index (χ1v) is 7.92. The number of rotatable bonds is 3. The molecule has 0 saturated carbocycles. The molecule has 0 radical (unpaired) electrons. The molecule has 5 heteroatoms. The summed E-state index contributed by atoms with van der Waals surface area (Å²) in [6, 6.07) is 7.39. The Bertz CT molecular complexity index is 769. The fraction of sp³-hybridized carbons (Fsp3) is 0.316. The average Bonchev–Trinajstić information content (AvgIpc) is 2.52. The van der Waals surface area contributed by atoms with Crippen LogP contribution in [0.25, 0.3) is 0 Å². The topological polar surface area (TPSA) is 38.3 Å². The third-order valence-electron chi connectivity index (χ3n) is 4.21. The van der Waals surface area contributed by atoms with Crippen LogP contribution in [0.4, 0.5) is 8.78 Å². The van der Waals surface area contributed by atoms with Crippen LogP contribution in [0.15, 0.2) is 30.3 Å². The van der Waals surface area contributed by atoms with Crippen molar-refractivity contribution in [2.75, 3.05) is 6.61 Å². The van der Waals surface area contributed by atoms with E-state index in [-0.39, 0.29) is 18.0 Å². The van der Waals surface area contributed by atoms with Crippen molar-refractivity contribution in [1.29, 1.82) is 0 Å². The van der Waals surface area contributed by atoms with Crippen LogP contribution in [0.2, 0.25) is 0 Å². The predicted molar refractivity (Wildman–Crippen MR) is 87.0 cm³/mol. The smallest absolute Gasteiger partial charge is 0.225 e. The summed E-state index contributed by atoms with van der Waals surface area (Å²) < 4.78 is 33.1. The lowest BCUT2D eigenvalue weighted by molar-refractivity contribution is -0.121. The molecule has 1 atom stereocenters. The van der Waals surface area contributed by atoms with E-state index >= 15 is 0 Å². The number of halogens is 2. The number of carbonyl (C=O) groups is 1. The minimum atomic E-state index is -0.704. The van der Waals surface area contributed by atoms with Gasteiger partial charge in [-0.2, -0.15) is 0 Å². The van der Waals surface area contributed by atoms with E-state index in [1.54, 1.807) is 0 Å². The molecule has 2 aromatic carbocycles. The second kappa shape index (κ2) is 6.59. The van der Waals surface area contributed by atoms with Gasteiger partial charge in [-0.15, -0.1) is 0 Å². The van der Waals surface area contributed by atoms with Gasteiger partial charge in [-0.25, -0.2) is 8.78 Å². The molecule has 0 spiro atoms. The number of hydrogen-bond donors (Lipinski definition) is 1. The lowest BCUT2D eigenvalue weighted by Gasteiger charge is -2.28. The summed E-state index contributed by atoms with van der Waals surface area (Å²) in [5.41, 5.74) is 2.81. The first-order chi connectivity index (χ1) is 11.5. The van der Waals surface area contributed by atoms with Crippen molar-refractivity contribution in [2.24, 2.45) is 0 Å². The molecule has 24 heavy (non-hydrogen) atoms. The summed E-state index contributed by atoms with van der Waals surface area (Å²) >= 11 is 0. The van der Waals surface area contributed by atoms with E-state index in [1.807, 2.05) is 26.0 Å². The molecule has 126 valence electrons. The van der Waals surface area contributed by atoms with E-state index in [4.69, 9.17) is 4.74 Å². The van der Waals surface area contributed by atoms with Gasteiger partial charge in [-0.05, 0) is 31.5 Å². The molecule has 0 aliphatic carbocycles. The van der Waals surface area contributed by atoms with Crippen molar-refractivity contribution in [3.63, 3.8) is 0 Å². The Morgan fingerprint density at radius 1 is 1.25 bits per heavy atom. The molecule has 1 aliphatic rings. The van der Waals surface area contributed by atoms with E-state index in [9.17, 15) is 13.6 Å². The van der Waals surface area contributed by atoms with Crippen molar-refractivity contribution in [2.45, 2.75) is 32.7 Å². The summed E-state index contributed by atoms with van der Waals surface area (Å²) in [6.45, 7) is 4.44. The zero-order chi connectivity index (χ0) is 17.3. The molecular formula is C19H19F2NO2. The van der Waals surface area contributed by atoms with Gasteiger partial charge in [-0.1, -0.05) is 23.8 Å². The van der Waals surface area contributed by atoms with Gasteiger partial charge in [-0.3, -0.25) is 4.79 Å². The summed E-state index contributed by atoms with van der Waals surface area (Å²) in [5.74, 6) is -1.03. The van der Waals surface area contributed by atoms with Crippen molar-refractivity contribution in [3.05, 3.63) is 64.2 Å². The second-order valence-electron chi connectivity index (χ2n) is 6.13. The van der Waals surface area contributed by atoms with Gasteiger partial charge in [0.15, 0.2) is 0 Å². The molecule has 0 aromatic heterocycles. The molecule has 1 heterocycles. The van der Waals surface area contributed by atoms with Gasteiger partial charge in [0.05, 0.1) is 19.1 Å². The predicted octanol–water partition coefficient (Wildman–Crippen LogP) is 3.76. The molecule has 1 N–H and O–H groups in total. The molecule has 1 aliphatic heterocycles. The molecular weight excluding hydrogens is 312 g/mol. The minimum Gasteiger partial charge on any atom is -0.493 e. The molecule has 0 saturated heterocycles. The lowest BCUT2D eigenvalue weighted by atomic mass is 9.95. The van der Waals surface area contributed by atoms with Crippen LogP contribution in [0, 0.1) is 25.5 Å². The molecule has 2 aromatic rings. The molecule has 0 fully saturated rings. The Morgan fingerprint density at radius 2 is 1.96 bits per heavy atom. The highest BCUT2D eigenvalue weighted by molar-refractivity contribution is 5.79. The Labute approximate surface area is 139 Å². The molecule has 1 amide bonds. The molecule has 0 unspecified atom stereocenters. The summed E-state index contributed by atoms with van der Waals surface area (Å²) in [5, 5.41) is 2.88. The number of amides is 1. The van der Waals surface area contributed by atoms with Gasteiger partial charge in [0.25, 0.3) is 0 Å². The average molecular weight is 331 g/mol. The monoisotopic (exact) mass is 331 g/mol. The Kier molecular flexibility index (Phi) is 4.51. The van der Waals surface area contributed by atoms with Crippen LogP contribution in [-0.2, 0) is 11.2 Å². The van der Waals surface area contributed by atoms with Crippen molar-refractivity contribution >= 4 is 5.91 Å². The minimum absolute atomic E-state index is 0.206. The molecule has 0 bridgehead atoms. The van der Waals surface area contributed by atoms with Crippen LogP contribution >= 0.6 is 0 Å². The third kappa shape index (κ3) is 3.25. The van der Waals surface area contributed by atoms with Gasteiger partial charge in [0.2, 0.25) is 5.91 Å². The van der Waals surface area contributed by atoms with Crippen molar-refractivity contribution in [3.8, 4) is 5.75 Å². The SMILES string of the molecule is Cc1cc(C)c2c(c1)[C@H](NC(=O)Cc1c(F)cccc1F)CCO2. The van der Waals surface area contributed by atoms with Crippen LogP contribution in [0.5, 0.6) is 5.75 Å². The number of benzene rings is 2. The highest BCUT2D eigenvalue weighted by Gasteiger charge is 2.25. The number of carbonyl (C=O) groups excluding carboxylic acids is 1. The van der Waals surface area contributed by atoms with Crippen molar-refractivity contribution < 1.29 is 18.3 Å². The third-order valence-corrected chi connectivity index (χ3v) is 4.21. The number of ether oxygens (including phenoxy) is 1. The molecule has 3 rings (SSSR count). The first-order valence-electron chi connectivity index (χ1n) is 7.92. The van der Waals surface area contributed by atoms with Crippen molar-refractivity contribution in [1.82, 2.24) is 5.32 Å². The van der Waals surface area contributed by atoms with E-state index in [1.165, 1.54) is 6.07 Å². The van der Waals surface area contributed by atoms with Crippen LogP contribution < -0.4 is 10.1 Å². The number of hydrogen-bond acceptors (Lipinski definition) is 2. The second-order valence-corrected chi connectivity index (χ2v) is 6.13. The van der Waals surface area contributed by atoms with Gasteiger partial charge < -0.3 is 10.1 Å². The molecule has 3 nitrogen and oxygen atoms in total. The van der Waals surface area contributed by atoms with Crippen LogP contribution in [0.1, 0.15) is 34.7 Å². The Balaban J connectivity index is 1.79. The van der Waals surface area contributed by atoms with Crippen LogP contribution in [-0.4, -0.2) is 12.5 Å². The lowest BCUT2D eigenvalue weighted by Crippen LogP contribution is -2.33. The zero-order valence-corrected chi connectivity index (χ0v) is 13.7. The number of fused-ring (bicyclic) bond motifs is 1. The van der Waals surface area contributed by atoms with Gasteiger partial charge >= 0.3 is 0 Å². The van der Waals surface area contributed by atoms with E-state index in [2.05, 4.69) is 5.32 Å². The summed E-state index contributed by atoms with van der Waals surface area (Å²) in [7, 11) is 0. The van der Waals surface area contributed by atoms with E-state index < -0.39 is 17.5 Å². The normalized spacial score (nSPS) is 16.2. The maximum absolute atomic E-state index is 13.7. The highest BCUT2D eigenvalue weighted by atomic mass is 19.1. The Morgan fingerprint density at radius 3 is 2.67 bits per heavy atom. The summed E-state index contributed by atoms with van der Waals surface area (Å²) in [6.07, 6.45) is 0.303. The highest BCUT2D eigenvalue weighted by Crippen LogP contribution is 2.35. The number of nitrogens with one attached hydrogen (secondary N) is 1. The van der Waals surface area contributed by atoms with E-state index in [0.29, 0.717) is 13.0 Å². The quantitative estimate of drug-likeness (QED) is 0.930. The number of aryl methyl sites for hydroxylation is 2. The Hall–Kier alpha value is -2.43. The van der Waals surface area contributed by atoms with Crippen LogP contribution in [0.3, 0.4) is 0 Å². The zero-order valence-electron chi connectivity index (χ0n) is 13.7. The van der Waals surface area contributed by atoms with Gasteiger partial charge in [0, 0.05) is 17.5 Å². The largest absolute Gasteiger partial charge is 0.493 e. The van der Waals surface area contributed by atoms with E-state index in [0.717, 1.165) is 34.6 Å². The maximum Gasteiger partial charge on any atom is 0.225 e. The first kappa shape index (κ1) is 16.4. The fourth-order valence-corrected chi connectivity index (χ4v) is 3.13. The fourth-order valence-electron chi connectivity index (χ4n) is 3.13. The van der Waals surface area contributed by atoms with Gasteiger partial charge in [0.1, 0.15) is 17.4 Å². The standard InChI is InChI=1S/C19H19F2NO2/c1-11-8-12(2)19-14(9-11)17(6-7-24-19)22-18(23)10-13-15(20)4-3-5-16(13)21/h3-5,8-9,17H,6-7,10H2,1-2H3,(H,22,23)/t17-/m1/s1. The maximum atomic E-state index is 13.7.